The molecule has 3 aromatic carbocycles. The highest BCUT2D eigenvalue weighted by molar-refractivity contribution is 5.98. The standard InChI is InChI=1S/C21H24O4.C13H18O2.4CH4.B/c1-16(22)20(21(23)25-15-18-11-7-4-8-12-18)19(24-2)14-13-17-9-5-3-6-10-17;1-11(14)10-13(15-2)9-8-12-6-4-3-5-7-12;;;;;/h3-12,19-20H,13-15H2,1-2H3;3-7,13H,8-10H2,1-2H3;4*1H4;. The number of carbonyl (C=O) groups is 3. The topological polar surface area (TPSA) is 78.9 Å². The Morgan fingerprint density at radius 3 is 1.42 bits per heavy atom. The largest absolute Gasteiger partial charge is 0.460 e. The summed E-state index contributed by atoms with van der Waals surface area (Å²) in [6.07, 6.45) is 3.25. The highest BCUT2D eigenvalue weighted by Crippen LogP contribution is 2.18. The Labute approximate surface area is 276 Å². The first-order chi connectivity index (χ1) is 19.3. The third kappa shape index (κ3) is 19.5. The summed E-state index contributed by atoms with van der Waals surface area (Å²) >= 11 is 0. The van der Waals surface area contributed by atoms with Crippen LogP contribution in [0, 0.1) is 5.92 Å². The van der Waals surface area contributed by atoms with E-state index in [0.717, 1.165) is 30.4 Å². The molecule has 6 nitrogen and oxygen atoms in total. The zero-order valence-corrected chi connectivity index (χ0v) is 24.7. The molecule has 3 unspecified atom stereocenters. The van der Waals surface area contributed by atoms with Gasteiger partial charge >= 0.3 is 5.97 Å². The van der Waals surface area contributed by atoms with E-state index in [1.807, 2.05) is 78.9 Å². The number of aryl methyl sites for hydroxylation is 2. The van der Waals surface area contributed by atoms with Crippen molar-refractivity contribution >= 4 is 25.9 Å². The van der Waals surface area contributed by atoms with Gasteiger partial charge < -0.3 is 14.2 Å². The molecule has 0 aliphatic carbocycles. The van der Waals surface area contributed by atoms with Gasteiger partial charge in [0, 0.05) is 29.1 Å². The van der Waals surface area contributed by atoms with Crippen molar-refractivity contribution in [3.63, 3.8) is 0 Å². The molecule has 0 amide bonds. The summed E-state index contributed by atoms with van der Waals surface area (Å²) in [5, 5.41) is 0. The lowest BCUT2D eigenvalue weighted by atomic mass is 9.93. The second kappa shape index (κ2) is 28.0. The Morgan fingerprint density at radius 1 is 0.622 bits per heavy atom. The Morgan fingerprint density at radius 2 is 1.04 bits per heavy atom. The highest BCUT2D eigenvalue weighted by Gasteiger charge is 2.33. The van der Waals surface area contributed by atoms with E-state index < -0.39 is 18.0 Å². The van der Waals surface area contributed by atoms with Crippen LogP contribution in [-0.2, 0) is 48.0 Å². The fourth-order valence-corrected chi connectivity index (χ4v) is 4.37. The van der Waals surface area contributed by atoms with Crippen molar-refractivity contribution in [2.75, 3.05) is 14.2 Å². The third-order valence-corrected chi connectivity index (χ3v) is 6.60. The van der Waals surface area contributed by atoms with Gasteiger partial charge in [-0.1, -0.05) is 121 Å². The van der Waals surface area contributed by atoms with Crippen molar-refractivity contribution in [2.24, 2.45) is 5.92 Å². The van der Waals surface area contributed by atoms with Crippen LogP contribution in [0.15, 0.2) is 91.0 Å². The molecule has 0 saturated heterocycles. The maximum atomic E-state index is 12.4. The average molecular weight is 622 g/mol. The summed E-state index contributed by atoms with van der Waals surface area (Å²) in [6, 6.07) is 29.6. The lowest BCUT2D eigenvalue weighted by molar-refractivity contribution is -0.158. The van der Waals surface area contributed by atoms with Crippen LogP contribution in [0.4, 0.5) is 0 Å². The van der Waals surface area contributed by atoms with Gasteiger partial charge in [-0.3, -0.25) is 14.4 Å². The number of benzene rings is 3. The number of esters is 1. The molecule has 45 heavy (non-hydrogen) atoms. The van der Waals surface area contributed by atoms with Crippen LogP contribution in [0.5, 0.6) is 0 Å². The maximum Gasteiger partial charge on any atom is 0.319 e. The molecule has 0 aliphatic rings. The smallest absolute Gasteiger partial charge is 0.319 e. The monoisotopic (exact) mass is 621 g/mol. The van der Waals surface area contributed by atoms with Gasteiger partial charge in [0.25, 0.3) is 0 Å². The van der Waals surface area contributed by atoms with E-state index in [1.54, 1.807) is 14.0 Å². The second-order valence-corrected chi connectivity index (χ2v) is 9.77. The first-order valence-electron chi connectivity index (χ1n) is 13.7. The van der Waals surface area contributed by atoms with Crippen LogP contribution in [0.2, 0.25) is 0 Å². The lowest BCUT2D eigenvalue weighted by Gasteiger charge is -2.22. The summed E-state index contributed by atoms with van der Waals surface area (Å²) in [5.74, 6) is -1.48. The molecule has 7 heteroatoms. The minimum absolute atomic E-state index is 0. The van der Waals surface area contributed by atoms with Gasteiger partial charge in [0.05, 0.1) is 12.2 Å². The molecule has 0 bridgehead atoms. The van der Waals surface area contributed by atoms with Crippen LogP contribution < -0.4 is 0 Å². The maximum absolute atomic E-state index is 12.4. The van der Waals surface area contributed by atoms with E-state index in [2.05, 4.69) is 12.1 Å². The zero-order chi connectivity index (χ0) is 29.2. The summed E-state index contributed by atoms with van der Waals surface area (Å²) in [5.41, 5.74) is 3.32. The van der Waals surface area contributed by atoms with E-state index in [9.17, 15) is 14.4 Å². The number of hydrogen-bond donors (Lipinski definition) is 0. The first kappa shape index (κ1) is 48.4. The van der Waals surface area contributed by atoms with E-state index >= 15 is 0 Å². The van der Waals surface area contributed by atoms with Crippen LogP contribution in [0.1, 0.15) is 79.5 Å². The third-order valence-electron chi connectivity index (χ3n) is 6.60. The molecule has 249 valence electrons. The molecule has 3 aromatic rings. The fraction of sp³-hybridized carbons (Fsp3) is 0.447. The molecular weight excluding hydrogens is 563 g/mol. The minimum atomic E-state index is -0.905. The van der Waals surface area contributed by atoms with Crippen LogP contribution >= 0.6 is 0 Å². The molecule has 0 N–H and O–H groups in total. The normalized spacial score (nSPS) is 11.4. The van der Waals surface area contributed by atoms with E-state index in [1.165, 1.54) is 19.6 Å². The van der Waals surface area contributed by atoms with Crippen LogP contribution in [0.25, 0.3) is 0 Å². The molecule has 0 heterocycles. The Balaban J connectivity index is -0.000000369. The molecule has 3 rings (SSSR count). The van der Waals surface area contributed by atoms with Crippen molar-refractivity contribution in [3.8, 4) is 0 Å². The molecule has 0 spiro atoms. The number of Topliss-reactive ketones (excluding diaryl/α,β-unsaturated/α-hetero) is 2. The highest BCUT2D eigenvalue weighted by atomic mass is 16.5. The van der Waals surface area contributed by atoms with Gasteiger partial charge in [0.15, 0.2) is 0 Å². The Bertz CT molecular complexity index is 1140. The number of ether oxygens (including phenoxy) is 3. The number of ketones is 2. The van der Waals surface area contributed by atoms with Gasteiger partial charge in [-0.25, -0.2) is 0 Å². The van der Waals surface area contributed by atoms with Crippen molar-refractivity contribution in [3.05, 3.63) is 108 Å². The second-order valence-electron chi connectivity index (χ2n) is 9.77. The zero-order valence-electron chi connectivity index (χ0n) is 24.7. The minimum Gasteiger partial charge on any atom is -0.460 e. The summed E-state index contributed by atoms with van der Waals surface area (Å²) in [4.78, 5) is 35.4. The summed E-state index contributed by atoms with van der Waals surface area (Å²) in [7, 11) is 3.19. The Hall–Kier alpha value is -3.55. The molecule has 3 atom stereocenters. The van der Waals surface area contributed by atoms with Crippen LogP contribution in [-0.4, -0.2) is 52.4 Å². The summed E-state index contributed by atoms with van der Waals surface area (Å²) < 4.78 is 16.1. The lowest BCUT2D eigenvalue weighted by Crippen LogP contribution is -2.36. The Kier molecular flexibility index (Phi) is 30.1. The van der Waals surface area contributed by atoms with Crippen molar-refractivity contribution in [1.29, 1.82) is 0 Å². The number of rotatable bonds is 15. The predicted molar refractivity (Wildman–Crippen MR) is 190 cm³/mol. The number of methoxy groups -OCH3 is 2. The van der Waals surface area contributed by atoms with Gasteiger partial charge in [0.2, 0.25) is 0 Å². The van der Waals surface area contributed by atoms with Gasteiger partial charge in [-0.05, 0) is 56.2 Å². The van der Waals surface area contributed by atoms with Gasteiger partial charge in [-0.15, -0.1) is 0 Å². The molecule has 0 aromatic heterocycles. The first-order valence-corrected chi connectivity index (χ1v) is 13.7. The SMILES string of the molecule is C.C.C.C.COC(CCc1ccccc1)C(C(C)=O)C(=O)OCc1ccccc1.COC(CCc1ccccc1)CC(C)=O.[B]. The number of hydrogen-bond acceptors (Lipinski definition) is 6. The molecular formula is C38H58BO6. The fourth-order valence-electron chi connectivity index (χ4n) is 4.37. The van der Waals surface area contributed by atoms with Gasteiger partial charge in [-0.2, -0.15) is 0 Å². The van der Waals surface area contributed by atoms with Crippen molar-refractivity contribution < 1.29 is 28.6 Å². The van der Waals surface area contributed by atoms with Crippen LogP contribution in [0.3, 0.4) is 0 Å². The molecule has 0 aliphatic heterocycles. The quantitative estimate of drug-likeness (QED) is 0.0964. The molecule has 0 saturated carbocycles. The molecule has 0 fully saturated rings. The van der Waals surface area contributed by atoms with Crippen molar-refractivity contribution in [1.82, 2.24) is 0 Å². The summed E-state index contributed by atoms with van der Waals surface area (Å²) in [6.45, 7) is 3.16. The van der Waals surface area contributed by atoms with E-state index in [4.69, 9.17) is 14.2 Å². The number of carbonyl (C=O) groups excluding carboxylic acids is 3. The van der Waals surface area contributed by atoms with E-state index in [0.29, 0.717) is 12.8 Å². The van der Waals surface area contributed by atoms with Crippen molar-refractivity contribution in [2.45, 2.75) is 94.5 Å². The molecule has 3 radical (unpaired) electrons. The van der Waals surface area contributed by atoms with E-state index in [-0.39, 0.29) is 62.4 Å². The predicted octanol–water partition coefficient (Wildman–Crippen LogP) is 8.36. The average Bonchev–Trinajstić information content (AvgIpc) is 2.97. The van der Waals surface area contributed by atoms with Gasteiger partial charge in [0.1, 0.15) is 24.1 Å².